The summed E-state index contributed by atoms with van der Waals surface area (Å²) in [5, 5.41) is 0. The SMILES string of the molecule is COc1ccc(CC(=O)N2CCCN(C(=O)c3ccc4nc[nH]c4c3)CC2)cc1. The van der Waals surface area contributed by atoms with E-state index in [9.17, 15) is 9.59 Å². The molecule has 0 radical (unpaired) electrons. The highest BCUT2D eigenvalue weighted by Gasteiger charge is 2.23. The van der Waals surface area contributed by atoms with Crippen LogP contribution in [0.15, 0.2) is 48.8 Å². The fraction of sp³-hybridized carbons (Fsp3) is 0.318. The molecule has 1 aliphatic rings. The van der Waals surface area contributed by atoms with E-state index in [1.165, 1.54) is 0 Å². The Hall–Kier alpha value is -3.35. The Labute approximate surface area is 169 Å². The highest BCUT2D eigenvalue weighted by atomic mass is 16.5. The minimum absolute atomic E-state index is 0.00838. The third kappa shape index (κ3) is 4.23. The van der Waals surface area contributed by atoms with Crippen molar-refractivity contribution in [3.8, 4) is 5.75 Å². The number of benzene rings is 2. The maximum atomic E-state index is 12.9. The Balaban J connectivity index is 1.37. The fourth-order valence-electron chi connectivity index (χ4n) is 3.65. The van der Waals surface area contributed by atoms with E-state index in [2.05, 4.69) is 9.97 Å². The number of fused-ring (bicyclic) bond motifs is 1. The smallest absolute Gasteiger partial charge is 0.253 e. The number of hydrogen-bond donors (Lipinski definition) is 1. The second kappa shape index (κ2) is 8.34. The van der Waals surface area contributed by atoms with Crippen LogP contribution >= 0.6 is 0 Å². The lowest BCUT2D eigenvalue weighted by Gasteiger charge is -2.22. The highest BCUT2D eigenvalue weighted by Crippen LogP contribution is 2.16. The molecule has 1 fully saturated rings. The van der Waals surface area contributed by atoms with Crippen molar-refractivity contribution in [2.24, 2.45) is 0 Å². The Bertz CT molecular complexity index is 1010. The number of nitrogens with zero attached hydrogens (tertiary/aromatic N) is 3. The maximum absolute atomic E-state index is 12.9. The average Bonchev–Trinajstić information content (AvgIpc) is 3.08. The van der Waals surface area contributed by atoms with Gasteiger partial charge in [0.1, 0.15) is 5.75 Å². The number of methoxy groups -OCH3 is 1. The number of hydrogen-bond acceptors (Lipinski definition) is 4. The molecule has 1 saturated heterocycles. The molecule has 3 aromatic rings. The molecule has 1 aliphatic heterocycles. The van der Waals surface area contributed by atoms with Crippen molar-refractivity contribution in [1.82, 2.24) is 19.8 Å². The molecule has 0 aliphatic carbocycles. The maximum Gasteiger partial charge on any atom is 0.253 e. The van der Waals surface area contributed by atoms with Gasteiger partial charge >= 0.3 is 0 Å². The molecule has 2 aromatic carbocycles. The number of aromatic amines is 1. The summed E-state index contributed by atoms with van der Waals surface area (Å²) in [5.74, 6) is 0.854. The summed E-state index contributed by atoms with van der Waals surface area (Å²) in [6.45, 7) is 2.39. The number of ether oxygens (including phenoxy) is 1. The first-order chi connectivity index (χ1) is 14.1. The van der Waals surface area contributed by atoms with Gasteiger partial charge < -0.3 is 19.5 Å². The molecule has 1 N–H and O–H groups in total. The van der Waals surface area contributed by atoms with Gasteiger partial charge in [-0.05, 0) is 42.3 Å². The van der Waals surface area contributed by atoms with Crippen LogP contribution in [-0.4, -0.2) is 64.9 Å². The van der Waals surface area contributed by atoms with E-state index >= 15 is 0 Å². The third-order valence-corrected chi connectivity index (χ3v) is 5.32. The number of H-pyrrole nitrogens is 1. The Morgan fingerprint density at radius 3 is 2.59 bits per heavy atom. The van der Waals surface area contributed by atoms with Crippen LogP contribution in [-0.2, 0) is 11.2 Å². The van der Waals surface area contributed by atoms with E-state index in [0.717, 1.165) is 28.8 Å². The summed E-state index contributed by atoms with van der Waals surface area (Å²) in [6, 6.07) is 13.0. The molecule has 0 spiro atoms. The molecular formula is C22H24N4O3. The zero-order chi connectivity index (χ0) is 20.2. The molecule has 4 rings (SSSR count). The predicted molar refractivity (Wildman–Crippen MR) is 110 cm³/mol. The van der Waals surface area contributed by atoms with E-state index < -0.39 is 0 Å². The molecule has 150 valence electrons. The van der Waals surface area contributed by atoms with Crippen molar-refractivity contribution in [3.63, 3.8) is 0 Å². The van der Waals surface area contributed by atoms with Crippen LogP contribution in [0, 0.1) is 0 Å². The first-order valence-electron chi connectivity index (χ1n) is 9.77. The number of amides is 2. The molecule has 2 heterocycles. The van der Waals surface area contributed by atoms with Crippen molar-refractivity contribution < 1.29 is 14.3 Å². The van der Waals surface area contributed by atoms with Gasteiger partial charge in [0.05, 0.1) is 30.9 Å². The quantitative estimate of drug-likeness (QED) is 0.740. The van der Waals surface area contributed by atoms with E-state index in [0.29, 0.717) is 38.2 Å². The molecule has 29 heavy (non-hydrogen) atoms. The Morgan fingerprint density at radius 2 is 1.79 bits per heavy atom. The van der Waals surface area contributed by atoms with Crippen molar-refractivity contribution in [1.29, 1.82) is 0 Å². The monoisotopic (exact) mass is 392 g/mol. The van der Waals surface area contributed by atoms with Crippen LogP contribution in [0.2, 0.25) is 0 Å². The van der Waals surface area contributed by atoms with Gasteiger partial charge in [-0.2, -0.15) is 0 Å². The Morgan fingerprint density at radius 1 is 1.03 bits per heavy atom. The lowest BCUT2D eigenvalue weighted by atomic mass is 10.1. The normalized spacial score (nSPS) is 14.7. The molecule has 2 amide bonds. The first-order valence-corrected chi connectivity index (χ1v) is 9.77. The number of aromatic nitrogens is 2. The van der Waals surface area contributed by atoms with Gasteiger partial charge in [-0.3, -0.25) is 9.59 Å². The Kier molecular flexibility index (Phi) is 5.46. The summed E-state index contributed by atoms with van der Waals surface area (Å²) < 4.78 is 5.16. The van der Waals surface area contributed by atoms with Gasteiger partial charge in [0.15, 0.2) is 0 Å². The third-order valence-electron chi connectivity index (χ3n) is 5.32. The average molecular weight is 392 g/mol. The van der Waals surface area contributed by atoms with E-state index in [1.807, 2.05) is 52.3 Å². The number of nitrogens with one attached hydrogen (secondary N) is 1. The minimum Gasteiger partial charge on any atom is -0.497 e. The van der Waals surface area contributed by atoms with Gasteiger partial charge in [0.2, 0.25) is 5.91 Å². The molecule has 0 saturated carbocycles. The number of imidazole rings is 1. The molecule has 7 nitrogen and oxygen atoms in total. The van der Waals surface area contributed by atoms with Crippen LogP contribution < -0.4 is 4.74 Å². The van der Waals surface area contributed by atoms with Gasteiger partial charge in [0.25, 0.3) is 5.91 Å². The number of carbonyl (C=O) groups is 2. The van der Waals surface area contributed by atoms with Crippen molar-refractivity contribution in [2.45, 2.75) is 12.8 Å². The van der Waals surface area contributed by atoms with Crippen LogP contribution in [0.3, 0.4) is 0 Å². The summed E-state index contributed by atoms with van der Waals surface area (Å²) in [5.41, 5.74) is 3.29. The second-order valence-electron chi connectivity index (χ2n) is 7.19. The molecule has 0 bridgehead atoms. The van der Waals surface area contributed by atoms with Crippen LogP contribution in [0.4, 0.5) is 0 Å². The van der Waals surface area contributed by atoms with Crippen LogP contribution in [0.25, 0.3) is 11.0 Å². The lowest BCUT2D eigenvalue weighted by Crippen LogP contribution is -2.38. The topological polar surface area (TPSA) is 78.5 Å². The molecule has 0 unspecified atom stereocenters. The molecule has 1 aromatic heterocycles. The standard InChI is InChI=1S/C22H24N4O3/c1-29-18-6-3-16(4-7-18)13-21(27)25-9-2-10-26(12-11-25)22(28)17-5-8-19-20(14-17)24-15-23-19/h3-8,14-15H,2,9-13H2,1H3,(H,23,24). The highest BCUT2D eigenvalue weighted by molar-refractivity contribution is 5.97. The second-order valence-corrected chi connectivity index (χ2v) is 7.19. The van der Waals surface area contributed by atoms with Crippen molar-refractivity contribution >= 4 is 22.8 Å². The van der Waals surface area contributed by atoms with E-state index in [4.69, 9.17) is 4.74 Å². The summed E-state index contributed by atoms with van der Waals surface area (Å²) in [4.78, 5) is 36.6. The first kappa shape index (κ1) is 19.0. The fourth-order valence-corrected chi connectivity index (χ4v) is 3.65. The summed E-state index contributed by atoms with van der Waals surface area (Å²) >= 11 is 0. The van der Waals surface area contributed by atoms with E-state index in [-0.39, 0.29) is 11.8 Å². The van der Waals surface area contributed by atoms with Crippen molar-refractivity contribution in [2.75, 3.05) is 33.3 Å². The number of rotatable bonds is 4. The van der Waals surface area contributed by atoms with Crippen LogP contribution in [0.5, 0.6) is 5.75 Å². The van der Waals surface area contributed by atoms with Gasteiger partial charge in [0, 0.05) is 31.7 Å². The zero-order valence-corrected chi connectivity index (χ0v) is 16.4. The summed E-state index contributed by atoms with van der Waals surface area (Å²) in [6.07, 6.45) is 2.75. The van der Waals surface area contributed by atoms with Crippen molar-refractivity contribution in [3.05, 3.63) is 59.9 Å². The molecule has 7 heteroatoms. The minimum atomic E-state index is -0.00838. The zero-order valence-electron chi connectivity index (χ0n) is 16.4. The largest absolute Gasteiger partial charge is 0.497 e. The van der Waals surface area contributed by atoms with Crippen LogP contribution in [0.1, 0.15) is 22.3 Å². The summed E-state index contributed by atoms with van der Waals surface area (Å²) in [7, 11) is 1.62. The van der Waals surface area contributed by atoms with E-state index in [1.54, 1.807) is 13.4 Å². The number of carbonyl (C=O) groups excluding carboxylic acids is 2. The van der Waals surface area contributed by atoms with Gasteiger partial charge in [-0.15, -0.1) is 0 Å². The molecular weight excluding hydrogens is 368 g/mol. The predicted octanol–water partition coefficient (Wildman–Crippen LogP) is 2.49. The molecule has 0 atom stereocenters. The lowest BCUT2D eigenvalue weighted by molar-refractivity contribution is -0.130. The van der Waals surface area contributed by atoms with Gasteiger partial charge in [-0.1, -0.05) is 12.1 Å². The van der Waals surface area contributed by atoms with Gasteiger partial charge in [-0.25, -0.2) is 4.98 Å².